The van der Waals surface area contributed by atoms with Crippen molar-refractivity contribution in [1.82, 2.24) is 4.90 Å². The quantitative estimate of drug-likeness (QED) is 0.767. The molecule has 2 unspecified atom stereocenters. The van der Waals surface area contributed by atoms with Gasteiger partial charge in [-0.25, -0.2) is 0 Å². The van der Waals surface area contributed by atoms with E-state index in [1.165, 1.54) is 0 Å². The fourth-order valence-electron chi connectivity index (χ4n) is 1.93. The highest BCUT2D eigenvalue weighted by Gasteiger charge is 2.22. The first-order valence-electron chi connectivity index (χ1n) is 6.28. The second kappa shape index (κ2) is 6.86. The lowest BCUT2D eigenvalue weighted by atomic mass is 10.1. The maximum atomic E-state index is 11.9. The first-order chi connectivity index (χ1) is 7.63. The van der Waals surface area contributed by atoms with Gasteiger partial charge in [0.15, 0.2) is 0 Å². The molecule has 0 saturated carbocycles. The molecule has 1 aliphatic heterocycles. The van der Waals surface area contributed by atoms with Crippen molar-refractivity contribution >= 4 is 5.91 Å². The van der Waals surface area contributed by atoms with Gasteiger partial charge in [0.1, 0.15) is 0 Å². The Balaban J connectivity index is 2.24. The standard InChI is InChI=1S/C12H24N2O2/c1-3-11-9-14(7-8-16-11)12(15)6-4-5-10(2)13/h10-11H,3-9,13H2,1-2H3. The van der Waals surface area contributed by atoms with Gasteiger partial charge in [-0.3, -0.25) is 4.79 Å². The summed E-state index contributed by atoms with van der Waals surface area (Å²) < 4.78 is 5.54. The Morgan fingerprint density at radius 3 is 3.00 bits per heavy atom. The summed E-state index contributed by atoms with van der Waals surface area (Å²) in [6, 6.07) is 0.195. The molecule has 0 bridgehead atoms. The Kier molecular flexibility index (Phi) is 5.77. The second-order valence-corrected chi connectivity index (χ2v) is 4.61. The Hall–Kier alpha value is -0.610. The van der Waals surface area contributed by atoms with Crippen molar-refractivity contribution in [1.29, 1.82) is 0 Å². The maximum absolute atomic E-state index is 11.9. The van der Waals surface area contributed by atoms with Crippen molar-refractivity contribution in [3.8, 4) is 0 Å². The van der Waals surface area contributed by atoms with Gasteiger partial charge in [-0.2, -0.15) is 0 Å². The minimum absolute atomic E-state index is 0.195. The molecule has 0 spiro atoms. The molecule has 2 atom stereocenters. The Bertz CT molecular complexity index is 219. The monoisotopic (exact) mass is 228 g/mol. The molecule has 0 aromatic heterocycles. The van der Waals surface area contributed by atoms with Crippen LogP contribution in [-0.4, -0.2) is 42.6 Å². The van der Waals surface area contributed by atoms with Gasteiger partial charge < -0.3 is 15.4 Å². The molecule has 2 N–H and O–H groups in total. The SMILES string of the molecule is CCC1CN(C(=O)CCCC(C)N)CCO1. The molecule has 4 heteroatoms. The van der Waals surface area contributed by atoms with Gasteiger partial charge in [-0.05, 0) is 26.2 Å². The topological polar surface area (TPSA) is 55.6 Å². The van der Waals surface area contributed by atoms with Crippen LogP contribution in [0.2, 0.25) is 0 Å². The van der Waals surface area contributed by atoms with Crippen LogP contribution < -0.4 is 5.73 Å². The van der Waals surface area contributed by atoms with Crippen molar-refractivity contribution in [3.05, 3.63) is 0 Å². The van der Waals surface area contributed by atoms with E-state index < -0.39 is 0 Å². The predicted octanol–water partition coefficient (Wildman–Crippen LogP) is 1.14. The van der Waals surface area contributed by atoms with Gasteiger partial charge >= 0.3 is 0 Å². The number of carbonyl (C=O) groups excluding carboxylic acids is 1. The number of rotatable bonds is 5. The molecular formula is C12H24N2O2. The van der Waals surface area contributed by atoms with Crippen LogP contribution in [0.1, 0.15) is 39.5 Å². The summed E-state index contributed by atoms with van der Waals surface area (Å²) in [6.07, 6.45) is 3.64. The van der Waals surface area contributed by atoms with Gasteiger partial charge in [0.25, 0.3) is 0 Å². The highest BCUT2D eigenvalue weighted by atomic mass is 16.5. The van der Waals surface area contributed by atoms with Gasteiger partial charge in [0, 0.05) is 25.6 Å². The number of hydrogen-bond acceptors (Lipinski definition) is 3. The smallest absolute Gasteiger partial charge is 0.222 e. The highest BCUT2D eigenvalue weighted by Crippen LogP contribution is 2.11. The zero-order valence-electron chi connectivity index (χ0n) is 10.4. The first kappa shape index (κ1) is 13.5. The molecule has 0 aromatic carbocycles. The second-order valence-electron chi connectivity index (χ2n) is 4.61. The van der Waals surface area contributed by atoms with Crippen LogP contribution in [0.25, 0.3) is 0 Å². The molecular weight excluding hydrogens is 204 g/mol. The van der Waals surface area contributed by atoms with Crippen LogP contribution in [0.4, 0.5) is 0 Å². The molecule has 94 valence electrons. The summed E-state index contributed by atoms with van der Waals surface area (Å²) in [5.74, 6) is 0.252. The third-order valence-electron chi connectivity index (χ3n) is 3.00. The van der Waals surface area contributed by atoms with Crippen molar-refractivity contribution < 1.29 is 9.53 Å². The molecule has 16 heavy (non-hydrogen) atoms. The van der Waals surface area contributed by atoms with Crippen LogP contribution in [0, 0.1) is 0 Å². The number of nitrogens with zero attached hydrogens (tertiary/aromatic N) is 1. The molecule has 1 fully saturated rings. The summed E-state index contributed by atoms with van der Waals surface area (Å²) in [7, 11) is 0. The number of amides is 1. The molecule has 1 saturated heterocycles. The van der Waals surface area contributed by atoms with E-state index in [9.17, 15) is 4.79 Å². The van der Waals surface area contributed by atoms with E-state index in [1.807, 2.05) is 11.8 Å². The number of morpholine rings is 1. The summed E-state index contributed by atoms with van der Waals surface area (Å²) in [5.41, 5.74) is 5.66. The summed E-state index contributed by atoms with van der Waals surface area (Å²) >= 11 is 0. The van der Waals surface area contributed by atoms with Crippen molar-refractivity contribution in [2.45, 2.75) is 51.7 Å². The minimum atomic E-state index is 0.195. The number of ether oxygens (including phenoxy) is 1. The van der Waals surface area contributed by atoms with Crippen molar-refractivity contribution in [2.75, 3.05) is 19.7 Å². The number of carbonyl (C=O) groups is 1. The summed E-state index contributed by atoms with van der Waals surface area (Å²) in [5, 5.41) is 0. The number of nitrogens with two attached hydrogens (primary N) is 1. The zero-order valence-corrected chi connectivity index (χ0v) is 10.4. The average molecular weight is 228 g/mol. The minimum Gasteiger partial charge on any atom is -0.375 e. The Labute approximate surface area is 98.1 Å². The van der Waals surface area contributed by atoms with Crippen LogP contribution in [-0.2, 0) is 9.53 Å². The third kappa shape index (κ3) is 4.49. The fraction of sp³-hybridized carbons (Fsp3) is 0.917. The molecule has 1 aliphatic rings. The lowest BCUT2D eigenvalue weighted by molar-refractivity contribution is -0.138. The van der Waals surface area contributed by atoms with Crippen LogP contribution in [0.15, 0.2) is 0 Å². The van der Waals surface area contributed by atoms with E-state index >= 15 is 0 Å². The summed E-state index contributed by atoms with van der Waals surface area (Å²) in [4.78, 5) is 13.8. The van der Waals surface area contributed by atoms with E-state index in [1.54, 1.807) is 0 Å². The van der Waals surface area contributed by atoms with Crippen molar-refractivity contribution in [3.63, 3.8) is 0 Å². The van der Waals surface area contributed by atoms with E-state index in [-0.39, 0.29) is 18.1 Å². The normalized spacial score (nSPS) is 23.2. The molecule has 1 amide bonds. The highest BCUT2D eigenvalue weighted by molar-refractivity contribution is 5.76. The Morgan fingerprint density at radius 1 is 1.62 bits per heavy atom. The zero-order chi connectivity index (χ0) is 12.0. The molecule has 1 rings (SSSR count). The summed E-state index contributed by atoms with van der Waals surface area (Å²) in [6.45, 7) is 6.25. The lowest BCUT2D eigenvalue weighted by Crippen LogP contribution is -2.45. The van der Waals surface area contributed by atoms with Gasteiger partial charge in [0.05, 0.1) is 12.7 Å². The van der Waals surface area contributed by atoms with Crippen LogP contribution >= 0.6 is 0 Å². The molecule has 0 aliphatic carbocycles. The fourth-order valence-corrected chi connectivity index (χ4v) is 1.93. The molecule has 4 nitrogen and oxygen atoms in total. The Morgan fingerprint density at radius 2 is 2.38 bits per heavy atom. The van der Waals surface area contributed by atoms with Crippen molar-refractivity contribution in [2.24, 2.45) is 5.73 Å². The third-order valence-corrected chi connectivity index (χ3v) is 3.00. The molecule has 0 radical (unpaired) electrons. The lowest BCUT2D eigenvalue weighted by Gasteiger charge is -2.32. The maximum Gasteiger partial charge on any atom is 0.222 e. The molecule has 0 aromatic rings. The van der Waals surface area contributed by atoms with Crippen LogP contribution in [0.3, 0.4) is 0 Å². The predicted molar refractivity (Wildman–Crippen MR) is 64.1 cm³/mol. The average Bonchev–Trinajstić information content (AvgIpc) is 2.28. The van der Waals surface area contributed by atoms with E-state index in [0.717, 1.165) is 32.4 Å². The molecule has 1 heterocycles. The first-order valence-corrected chi connectivity index (χ1v) is 6.28. The number of hydrogen-bond donors (Lipinski definition) is 1. The van der Waals surface area contributed by atoms with E-state index in [4.69, 9.17) is 10.5 Å². The van der Waals surface area contributed by atoms with E-state index in [0.29, 0.717) is 13.0 Å². The van der Waals surface area contributed by atoms with E-state index in [2.05, 4.69) is 6.92 Å². The largest absolute Gasteiger partial charge is 0.375 e. The van der Waals surface area contributed by atoms with Gasteiger partial charge in [0.2, 0.25) is 5.91 Å². The van der Waals surface area contributed by atoms with Gasteiger partial charge in [-0.15, -0.1) is 0 Å². The van der Waals surface area contributed by atoms with Crippen LogP contribution in [0.5, 0.6) is 0 Å². The van der Waals surface area contributed by atoms with Gasteiger partial charge in [-0.1, -0.05) is 6.92 Å².